The van der Waals surface area contributed by atoms with Crippen LogP contribution < -0.4 is 16.8 Å². The quantitative estimate of drug-likeness (QED) is 0.782. The van der Waals surface area contributed by atoms with Crippen molar-refractivity contribution in [2.75, 3.05) is 11.9 Å². The SMILES string of the molecule is CC(CN)C(=O)Nc1ccc(C(N)=O)c(Cl)c1.Cl. The topological polar surface area (TPSA) is 98.2 Å². The number of benzene rings is 1. The Morgan fingerprint density at radius 2 is 2.06 bits per heavy atom. The normalized spacial score (nSPS) is 11.3. The molecule has 0 fully saturated rings. The van der Waals surface area contributed by atoms with Gasteiger partial charge >= 0.3 is 0 Å². The summed E-state index contributed by atoms with van der Waals surface area (Å²) >= 11 is 5.84. The molecule has 0 aliphatic rings. The monoisotopic (exact) mass is 291 g/mol. The van der Waals surface area contributed by atoms with E-state index in [1.165, 1.54) is 12.1 Å². The number of nitrogens with one attached hydrogen (secondary N) is 1. The molecule has 1 aromatic carbocycles. The molecule has 0 radical (unpaired) electrons. The van der Waals surface area contributed by atoms with Crippen molar-refractivity contribution in [2.45, 2.75) is 6.92 Å². The molecule has 0 aromatic heterocycles. The minimum Gasteiger partial charge on any atom is -0.366 e. The second-order valence-corrected chi connectivity index (χ2v) is 4.09. The Balaban J connectivity index is 0.00000289. The van der Waals surface area contributed by atoms with Crippen LogP contribution in [0.25, 0.3) is 0 Å². The van der Waals surface area contributed by atoms with Crippen molar-refractivity contribution in [3.63, 3.8) is 0 Å². The largest absolute Gasteiger partial charge is 0.366 e. The summed E-state index contributed by atoms with van der Waals surface area (Å²) < 4.78 is 0. The maximum absolute atomic E-state index is 11.5. The molecule has 0 saturated carbocycles. The molecule has 1 aromatic rings. The Kier molecular flexibility index (Phi) is 6.68. The highest BCUT2D eigenvalue weighted by Crippen LogP contribution is 2.20. The predicted molar refractivity (Wildman–Crippen MR) is 74.1 cm³/mol. The highest BCUT2D eigenvalue weighted by atomic mass is 35.5. The summed E-state index contributed by atoms with van der Waals surface area (Å²) in [5.41, 5.74) is 11.2. The maximum atomic E-state index is 11.5. The number of halogens is 2. The van der Waals surface area contributed by atoms with E-state index in [0.29, 0.717) is 5.69 Å². The number of anilines is 1. The zero-order valence-electron chi connectivity index (χ0n) is 9.77. The van der Waals surface area contributed by atoms with Gasteiger partial charge in [0.15, 0.2) is 0 Å². The first kappa shape index (κ1) is 16.7. The Hall–Kier alpha value is -1.30. The molecule has 5 nitrogen and oxygen atoms in total. The molecule has 0 aliphatic carbocycles. The number of amides is 2. The molecular formula is C11H15Cl2N3O2. The number of hydrogen-bond donors (Lipinski definition) is 3. The van der Waals surface area contributed by atoms with Crippen LogP contribution in [0.1, 0.15) is 17.3 Å². The molecule has 5 N–H and O–H groups in total. The highest BCUT2D eigenvalue weighted by Gasteiger charge is 2.12. The Morgan fingerprint density at radius 1 is 1.44 bits per heavy atom. The second-order valence-electron chi connectivity index (χ2n) is 3.68. The summed E-state index contributed by atoms with van der Waals surface area (Å²) in [5, 5.41) is 2.85. The molecule has 100 valence electrons. The first-order valence-electron chi connectivity index (χ1n) is 5.06. The smallest absolute Gasteiger partial charge is 0.250 e. The van der Waals surface area contributed by atoms with E-state index in [1.54, 1.807) is 13.0 Å². The van der Waals surface area contributed by atoms with Crippen LogP contribution in [-0.2, 0) is 4.79 Å². The van der Waals surface area contributed by atoms with Gasteiger partial charge in [0.25, 0.3) is 0 Å². The predicted octanol–water partition coefficient (Wildman–Crippen LogP) is 1.39. The third kappa shape index (κ3) is 4.18. The van der Waals surface area contributed by atoms with Crippen molar-refractivity contribution >= 4 is 41.5 Å². The van der Waals surface area contributed by atoms with E-state index in [-0.39, 0.29) is 41.4 Å². The van der Waals surface area contributed by atoms with Crippen LogP contribution in [0.2, 0.25) is 5.02 Å². The van der Waals surface area contributed by atoms with Crippen molar-refractivity contribution in [2.24, 2.45) is 17.4 Å². The van der Waals surface area contributed by atoms with E-state index < -0.39 is 5.91 Å². The molecule has 0 saturated heterocycles. The number of hydrogen-bond acceptors (Lipinski definition) is 3. The molecule has 18 heavy (non-hydrogen) atoms. The van der Waals surface area contributed by atoms with Gasteiger partial charge in [-0.25, -0.2) is 0 Å². The zero-order valence-corrected chi connectivity index (χ0v) is 11.3. The third-order valence-electron chi connectivity index (χ3n) is 2.30. The zero-order chi connectivity index (χ0) is 13.0. The van der Waals surface area contributed by atoms with E-state index in [4.69, 9.17) is 23.1 Å². The fraction of sp³-hybridized carbons (Fsp3) is 0.273. The molecular weight excluding hydrogens is 277 g/mol. The molecule has 0 heterocycles. The van der Waals surface area contributed by atoms with Gasteiger partial charge in [-0.15, -0.1) is 12.4 Å². The number of carbonyl (C=O) groups is 2. The molecule has 7 heteroatoms. The minimum absolute atomic E-state index is 0. The van der Waals surface area contributed by atoms with Crippen LogP contribution in [0.4, 0.5) is 5.69 Å². The van der Waals surface area contributed by atoms with Gasteiger partial charge in [0.1, 0.15) is 0 Å². The molecule has 0 aliphatic heterocycles. The van der Waals surface area contributed by atoms with Gasteiger partial charge in [-0.2, -0.15) is 0 Å². The van der Waals surface area contributed by atoms with Gasteiger partial charge in [0, 0.05) is 18.2 Å². The van der Waals surface area contributed by atoms with E-state index in [1.807, 2.05) is 0 Å². The second kappa shape index (κ2) is 7.20. The number of primary amides is 1. The molecule has 2 amide bonds. The summed E-state index contributed by atoms with van der Waals surface area (Å²) in [6.07, 6.45) is 0. The number of rotatable bonds is 4. The van der Waals surface area contributed by atoms with Crippen LogP contribution in [-0.4, -0.2) is 18.4 Å². The van der Waals surface area contributed by atoms with E-state index in [2.05, 4.69) is 5.32 Å². The summed E-state index contributed by atoms with van der Waals surface area (Å²) in [6.45, 7) is 1.98. The molecule has 1 atom stereocenters. The minimum atomic E-state index is -0.608. The Bertz CT molecular complexity index is 452. The fourth-order valence-electron chi connectivity index (χ4n) is 1.17. The Morgan fingerprint density at radius 3 is 2.50 bits per heavy atom. The summed E-state index contributed by atoms with van der Waals surface area (Å²) in [6, 6.07) is 4.50. The van der Waals surface area contributed by atoms with Crippen LogP contribution >= 0.6 is 24.0 Å². The summed E-state index contributed by atoms with van der Waals surface area (Å²) in [7, 11) is 0. The van der Waals surface area contributed by atoms with E-state index >= 15 is 0 Å². The summed E-state index contributed by atoms with van der Waals surface area (Å²) in [4.78, 5) is 22.5. The standard InChI is InChI=1S/C11H14ClN3O2.ClH/c1-6(5-13)11(17)15-7-2-3-8(10(14)16)9(12)4-7;/h2-4,6H,5,13H2,1H3,(H2,14,16)(H,15,17);1H. The first-order chi connectivity index (χ1) is 7.95. The first-order valence-corrected chi connectivity index (χ1v) is 5.43. The van der Waals surface area contributed by atoms with Crippen molar-refractivity contribution in [3.05, 3.63) is 28.8 Å². The lowest BCUT2D eigenvalue weighted by molar-refractivity contribution is -0.119. The van der Waals surface area contributed by atoms with E-state index in [0.717, 1.165) is 0 Å². The summed E-state index contributed by atoms with van der Waals surface area (Å²) in [5.74, 6) is -1.09. The lowest BCUT2D eigenvalue weighted by Crippen LogP contribution is -2.26. The molecule has 1 unspecified atom stereocenters. The van der Waals surface area contributed by atoms with Crippen molar-refractivity contribution in [1.82, 2.24) is 0 Å². The van der Waals surface area contributed by atoms with Crippen molar-refractivity contribution in [1.29, 1.82) is 0 Å². The highest BCUT2D eigenvalue weighted by molar-refractivity contribution is 6.34. The number of nitrogens with two attached hydrogens (primary N) is 2. The third-order valence-corrected chi connectivity index (χ3v) is 2.62. The molecule has 0 bridgehead atoms. The van der Waals surface area contributed by atoms with Gasteiger partial charge in [0.05, 0.1) is 10.6 Å². The molecule has 0 spiro atoms. The van der Waals surface area contributed by atoms with Crippen LogP contribution in [0, 0.1) is 5.92 Å². The van der Waals surface area contributed by atoms with Gasteiger partial charge in [-0.05, 0) is 18.2 Å². The van der Waals surface area contributed by atoms with Crippen LogP contribution in [0.5, 0.6) is 0 Å². The average Bonchev–Trinajstić information content (AvgIpc) is 2.27. The van der Waals surface area contributed by atoms with Crippen LogP contribution in [0.15, 0.2) is 18.2 Å². The fourth-order valence-corrected chi connectivity index (χ4v) is 1.44. The van der Waals surface area contributed by atoms with Gasteiger partial charge in [0.2, 0.25) is 11.8 Å². The van der Waals surface area contributed by atoms with Gasteiger partial charge in [-0.3, -0.25) is 9.59 Å². The van der Waals surface area contributed by atoms with Crippen molar-refractivity contribution in [3.8, 4) is 0 Å². The van der Waals surface area contributed by atoms with E-state index in [9.17, 15) is 9.59 Å². The van der Waals surface area contributed by atoms with Gasteiger partial charge in [-0.1, -0.05) is 18.5 Å². The van der Waals surface area contributed by atoms with Crippen molar-refractivity contribution < 1.29 is 9.59 Å². The van der Waals surface area contributed by atoms with Crippen LogP contribution in [0.3, 0.4) is 0 Å². The average molecular weight is 292 g/mol. The molecule has 1 rings (SSSR count). The lowest BCUT2D eigenvalue weighted by Gasteiger charge is -2.10. The lowest BCUT2D eigenvalue weighted by atomic mass is 10.1. The number of carbonyl (C=O) groups excluding carboxylic acids is 2. The Labute approximate surface area is 116 Å². The maximum Gasteiger partial charge on any atom is 0.250 e. The van der Waals surface area contributed by atoms with Gasteiger partial charge < -0.3 is 16.8 Å².